The van der Waals surface area contributed by atoms with Gasteiger partial charge in [-0.1, -0.05) is 32.0 Å². The summed E-state index contributed by atoms with van der Waals surface area (Å²) in [6.45, 7) is 5.80. The minimum absolute atomic E-state index is 0. The first-order valence-corrected chi connectivity index (χ1v) is 10.1. The van der Waals surface area contributed by atoms with Gasteiger partial charge in [-0.15, -0.1) is 35.3 Å². The highest BCUT2D eigenvalue weighted by Gasteiger charge is 2.22. The molecule has 1 aromatic carbocycles. The van der Waals surface area contributed by atoms with Crippen molar-refractivity contribution in [1.82, 2.24) is 15.5 Å². The van der Waals surface area contributed by atoms with Gasteiger partial charge in [0, 0.05) is 30.9 Å². The van der Waals surface area contributed by atoms with E-state index in [0.717, 1.165) is 11.3 Å². The second kappa shape index (κ2) is 12.0. The molecule has 0 spiro atoms. The molecule has 0 bridgehead atoms. The number of halogens is 1. The molecule has 0 aliphatic rings. The third-order valence-corrected chi connectivity index (χ3v) is 5.61. The van der Waals surface area contributed by atoms with Crippen molar-refractivity contribution in [2.75, 3.05) is 34.3 Å². The fourth-order valence-electron chi connectivity index (χ4n) is 2.45. The Morgan fingerprint density at radius 3 is 2.41 bits per heavy atom. The van der Waals surface area contributed by atoms with E-state index in [2.05, 4.69) is 47.0 Å². The number of aliphatic imine (C=N–C) groups is 1. The van der Waals surface area contributed by atoms with Gasteiger partial charge in [0.1, 0.15) is 5.75 Å². The standard InChI is InChI=1S/C21H30N4O2S.HI/c1-21(2,18-7-6-12-28-18)15-24-20(23-14-19(26)25(3)4)22-13-16-8-10-17(27-5)11-9-16;/h6-12H,13-15H2,1-5H3,(H2,22,23,24);1H. The maximum atomic E-state index is 11.9. The van der Waals surface area contributed by atoms with Crippen molar-refractivity contribution in [1.29, 1.82) is 0 Å². The van der Waals surface area contributed by atoms with Crippen LogP contribution < -0.4 is 15.4 Å². The van der Waals surface area contributed by atoms with Crippen LogP contribution in [0, 0.1) is 0 Å². The summed E-state index contributed by atoms with van der Waals surface area (Å²) in [6.07, 6.45) is 0. The Kier molecular flexibility index (Phi) is 10.5. The topological polar surface area (TPSA) is 66.0 Å². The summed E-state index contributed by atoms with van der Waals surface area (Å²) in [4.78, 5) is 19.5. The molecule has 1 amide bonds. The van der Waals surface area contributed by atoms with Crippen LogP contribution in [-0.4, -0.2) is 51.1 Å². The summed E-state index contributed by atoms with van der Waals surface area (Å²) in [5.41, 5.74) is 1.03. The van der Waals surface area contributed by atoms with E-state index >= 15 is 0 Å². The van der Waals surface area contributed by atoms with E-state index in [1.807, 2.05) is 24.3 Å². The molecule has 0 aliphatic heterocycles. The summed E-state index contributed by atoms with van der Waals surface area (Å²) in [5, 5.41) is 8.61. The Balaban J connectivity index is 0.00000420. The van der Waals surface area contributed by atoms with Crippen molar-refractivity contribution in [3.63, 3.8) is 0 Å². The smallest absolute Gasteiger partial charge is 0.241 e. The molecule has 0 aliphatic carbocycles. The van der Waals surface area contributed by atoms with Crippen LogP contribution in [0.3, 0.4) is 0 Å². The van der Waals surface area contributed by atoms with Crippen molar-refractivity contribution >= 4 is 47.2 Å². The molecule has 2 rings (SSSR count). The van der Waals surface area contributed by atoms with Crippen LogP contribution >= 0.6 is 35.3 Å². The van der Waals surface area contributed by atoms with Gasteiger partial charge in [-0.3, -0.25) is 4.79 Å². The van der Waals surface area contributed by atoms with Crippen LogP contribution in [0.2, 0.25) is 0 Å². The summed E-state index contributed by atoms with van der Waals surface area (Å²) in [5.74, 6) is 1.44. The SMILES string of the molecule is COc1ccc(CN=C(NCC(=O)N(C)C)NCC(C)(C)c2cccs2)cc1.I. The van der Waals surface area contributed by atoms with E-state index < -0.39 is 0 Å². The Hall–Kier alpha value is -1.81. The molecule has 2 aromatic rings. The molecule has 0 atom stereocenters. The van der Waals surface area contributed by atoms with E-state index in [4.69, 9.17) is 4.74 Å². The lowest BCUT2D eigenvalue weighted by atomic mass is 9.91. The van der Waals surface area contributed by atoms with Gasteiger partial charge in [0.05, 0.1) is 20.2 Å². The summed E-state index contributed by atoms with van der Waals surface area (Å²) in [7, 11) is 5.13. The van der Waals surface area contributed by atoms with Gasteiger partial charge in [-0.25, -0.2) is 4.99 Å². The number of thiophene rings is 1. The average Bonchev–Trinajstić information content (AvgIpc) is 3.23. The van der Waals surface area contributed by atoms with Crippen molar-refractivity contribution < 1.29 is 9.53 Å². The molecule has 0 radical (unpaired) electrons. The average molecular weight is 530 g/mol. The molecule has 160 valence electrons. The lowest BCUT2D eigenvalue weighted by Gasteiger charge is -2.25. The number of carbonyl (C=O) groups excluding carboxylic acids is 1. The molecular formula is C21H31IN4O2S. The zero-order chi connectivity index (χ0) is 20.6. The second-order valence-corrected chi connectivity index (χ2v) is 8.32. The van der Waals surface area contributed by atoms with Gasteiger partial charge in [0.25, 0.3) is 0 Å². The highest BCUT2D eigenvalue weighted by molar-refractivity contribution is 14.0. The van der Waals surface area contributed by atoms with Gasteiger partial charge in [0.15, 0.2) is 5.96 Å². The first-order valence-electron chi connectivity index (χ1n) is 9.21. The van der Waals surface area contributed by atoms with Crippen molar-refractivity contribution in [3.05, 3.63) is 52.2 Å². The van der Waals surface area contributed by atoms with Gasteiger partial charge in [-0.05, 0) is 29.1 Å². The number of methoxy groups -OCH3 is 1. The second-order valence-electron chi connectivity index (χ2n) is 7.37. The number of guanidine groups is 1. The van der Waals surface area contributed by atoms with Crippen LogP contribution in [0.1, 0.15) is 24.3 Å². The summed E-state index contributed by atoms with van der Waals surface area (Å²) < 4.78 is 5.19. The molecule has 1 heterocycles. The quantitative estimate of drug-likeness (QED) is 0.312. The third kappa shape index (κ3) is 8.22. The summed E-state index contributed by atoms with van der Waals surface area (Å²) >= 11 is 1.74. The molecule has 1 aromatic heterocycles. The minimum Gasteiger partial charge on any atom is -0.497 e. The number of amides is 1. The largest absolute Gasteiger partial charge is 0.497 e. The first-order chi connectivity index (χ1) is 13.3. The molecule has 0 saturated heterocycles. The fourth-order valence-corrected chi connectivity index (χ4v) is 3.30. The molecule has 0 fully saturated rings. The highest BCUT2D eigenvalue weighted by atomic mass is 127. The molecule has 8 heteroatoms. The number of hydrogen-bond donors (Lipinski definition) is 2. The van der Waals surface area contributed by atoms with Crippen LogP contribution in [0.5, 0.6) is 5.75 Å². The van der Waals surface area contributed by atoms with Crippen LogP contribution in [0.15, 0.2) is 46.8 Å². The van der Waals surface area contributed by atoms with Crippen molar-refractivity contribution in [2.24, 2.45) is 4.99 Å². The highest BCUT2D eigenvalue weighted by Crippen LogP contribution is 2.26. The monoisotopic (exact) mass is 530 g/mol. The van der Waals surface area contributed by atoms with E-state index in [-0.39, 0.29) is 41.8 Å². The normalized spacial score (nSPS) is 11.4. The Bertz CT molecular complexity index is 774. The molecule has 2 N–H and O–H groups in total. The van der Waals surface area contributed by atoms with Crippen LogP contribution in [0.25, 0.3) is 0 Å². The molecule has 0 unspecified atom stereocenters. The number of nitrogens with zero attached hydrogens (tertiary/aromatic N) is 2. The predicted molar refractivity (Wildman–Crippen MR) is 132 cm³/mol. The Morgan fingerprint density at radius 2 is 1.86 bits per heavy atom. The number of likely N-dealkylation sites (N-methyl/N-ethyl adjacent to an activating group) is 1. The van der Waals surface area contributed by atoms with E-state index in [1.54, 1.807) is 37.4 Å². The van der Waals surface area contributed by atoms with Gasteiger partial charge < -0.3 is 20.3 Å². The molecular weight excluding hydrogens is 499 g/mol. The maximum Gasteiger partial charge on any atom is 0.241 e. The Morgan fingerprint density at radius 1 is 1.17 bits per heavy atom. The number of rotatable bonds is 8. The van der Waals surface area contributed by atoms with Crippen molar-refractivity contribution in [2.45, 2.75) is 25.8 Å². The van der Waals surface area contributed by atoms with E-state index in [1.165, 1.54) is 4.88 Å². The molecule has 0 saturated carbocycles. The van der Waals surface area contributed by atoms with Gasteiger partial charge in [0.2, 0.25) is 5.91 Å². The predicted octanol–water partition coefficient (Wildman–Crippen LogP) is 3.48. The number of nitrogens with one attached hydrogen (secondary N) is 2. The first kappa shape index (κ1) is 25.2. The lowest BCUT2D eigenvalue weighted by Crippen LogP contribution is -2.46. The molecule has 6 nitrogen and oxygen atoms in total. The third-order valence-electron chi connectivity index (χ3n) is 4.37. The number of carbonyl (C=O) groups is 1. The van der Waals surface area contributed by atoms with Crippen LogP contribution in [-0.2, 0) is 16.8 Å². The van der Waals surface area contributed by atoms with Gasteiger partial charge in [-0.2, -0.15) is 0 Å². The van der Waals surface area contributed by atoms with E-state index in [0.29, 0.717) is 19.0 Å². The summed E-state index contributed by atoms with van der Waals surface area (Å²) in [6, 6.07) is 12.0. The van der Waals surface area contributed by atoms with Crippen LogP contribution in [0.4, 0.5) is 0 Å². The maximum absolute atomic E-state index is 11.9. The number of hydrogen-bond acceptors (Lipinski definition) is 4. The molecule has 29 heavy (non-hydrogen) atoms. The zero-order valence-corrected chi connectivity index (χ0v) is 20.8. The van der Waals surface area contributed by atoms with Crippen molar-refractivity contribution in [3.8, 4) is 5.75 Å². The lowest BCUT2D eigenvalue weighted by molar-refractivity contribution is -0.127. The Labute approximate surface area is 194 Å². The van der Waals surface area contributed by atoms with E-state index in [9.17, 15) is 4.79 Å². The minimum atomic E-state index is -0.0394. The number of benzene rings is 1. The van der Waals surface area contributed by atoms with Gasteiger partial charge >= 0.3 is 0 Å². The number of ether oxygens (including phenoxy) is 1. The fraction of sp³-hybridized carbons (Fsp3) is 0.429. The zero-order valence-electron chi connectivity index (χ0n) is 17.7.